The van der Waals surface area contributed by atoms with Crippen LogP contribution in [0.2, 0.25) is 5.02 Å². The van der Waals surface area contributed by atoms with E-state index in [1.165, 1.54) is 0 Å². The topological polar surface area (TPSA) is 46.3 Å². The van der Waals surface area contributed by atoms with E-state index in [9.17, 15) is 4.79 Å². The highest BCUT2D eigenvalue weighted by molar-refractivity contribution is 7.99. The van der Waals surface area contributed by atoms with Crippen LogP contribution in [0.3, 0.4) is 0 Å². The van der Waals surface area contributed by atoms with Gasteiger partial charge in [0.25, 0.3) is 0 Å². The van der Waals surface area contributed by atoms with Crippen molar-refractivity contribution in [1.82, 2.24) is 4.90 Å². The third-order valence-electron chi connectivity index (χ3n) is 3.96. The van der Waals surface area contributed by atoms with Gasteiger partial charge in [-0.05, 0) is 37.8 Å². The van der Waals surface area contributed by atoms with Gasteiger partial charge in [-0.3, -0.25) is 4.79 Å². The molecular formula is C16H23ClN2OS. The van der Waals surface area contributed by atoms with E-state index in [-0.39, 0.29) is 11.9 Å². The van der Waals surface area contributed by atoms with Crippen LogP contribution in [-0.4, -0.2) is 35.7 Å². The summed E-state index contributed by atoms with van der Waals surface area (Å²) in [6, 6.07) is 7.92. The Balaban J connectivity index is 1.78. The van der Waals surface area contributed by atoms with Gasteiger partial charge in [-0.1, -0.05) is 23.7 Å². The van der Waals surface area contributed by atoms with Crippen molar-refractivity contribution in [2.24, 2.45) is 11.7 Å². The summed E-state index contributed by atoms with van der Waals surface area (Å²) in [5.41, 5.74) is 5.97. The van der Waals surface area contributed by atoms with E-state index in [0.717, 1.165) is 41.6 Å². The van der Waals surface area contributed by atoms with Gasteiger partial charge in [0.2, 0.25) is 5.91 Å². The monoisotopic (exact) mass is 326 g/mol. The van der Waals surface area contributed by atoms with Crippen LogP contribution in [0.15, 0.2) is 29.2 Å². The zero-order valence-electron chi connectivity index (χ0n) is 12.4. The highest BCUT2D eigenvalue weighted by Gasteiger charge is 2.25. The predicted molar refractivity (Wildman–Crippen MR) is 89.7 cm³/mol. The molecule has 1 saturated heterocycles. The van der Waals surface area contributed by atoms with Gasteiger partial charge in [-0.15, -0.1) is 11.8 Å². The van der Waals surface area contributed by atoms with Crippen molar-refractivity contribution in [2.75, 3.05) is 18.8 Å². The second kappa shape index (κ2) is 8.06. The number of piperidine rings is 1. The van der Waals surface area contributed by atoms with E-state index in [0.29, 0.717) is 12.3 Å². The Morgan fingerprint density at radius 3 is 3.00 bits per heavy atom. The fourth-order valence-electron chi connectivity index (χ4n) is 2.63. The first-order valence-corrected chi connectivity index (χ1v) is 8.85. The molecule has 0 aliphatic carbocycles. The second-order valence-electron chi connectivity index (χ2n) is 5.63. The highest BCUT2D eigenvalue weighted by Crippen LogP contribution is 2.27. The molecule has 1 amide bonds. The molecule has 5 heteroatoms. The Hall–Kier alpha value is -0.710. The molecular weight excluding hydrogens is 304 g/mol. The quantitative estimate of drug-likeness (QED) is 0.843. The normalized spacial score (nSPS) is 20.3. The number of thioether (sulfide) groups is 1. The number of nitrogens with zero attached hydrogens (tertiary/aromatic N) is 1. The Morgan fingerprint density at radius 1 is 1.52 bits per heavy atom. The summed E-state index contributed by atoms with van der Waals surface area (Å²) in [5.74, 6) is 1.45. The molecule has 0 radical (unpaired) electrons. The number of carbonyl (C=O) groups is 1. The number of nitrogens with two attached hydrogens (primary N) is 1. The minimum Gasteiger partial charge on any atom is -0.342 e. The number of halogens is 1. The molecule has 1 aliphatic rings. The second-order valence-corrected chi connectivity index (χ2v) is 7.17. The molecule has 0 aromatic heterocycles. The maximum absolute atomic E-state index is 12.3. The molecule has 2 rings (SSSR count). The summed E-state index contributed by atoms with van der Waals surface area (Å²) in [6.45, 7) is 3.72. The lowest BCUT2D eigenvalue weighted by atomic mass is 9.92. The molecule has 21 heavy (non-hydrogen) atoms. The molecule has 3 nitrogen and oxygen atoms in total. The zero-order valence-corrected chi connectivity index (χ0v) is 14.0. The van der Waals surface area contributed by atoms with E-state index in [1.807, 2.05) is 36.1 Å². The van der Waals surface area contributed by atoms with Crippen LogP contribution in [0, 0.1) is 5.92 Å². The number of likely N-dealkylation sites (tertiary alicyclic amines) is 1. The number of rotatable bonds is 5. The summed E-state index contributed by atoms with van der Waals surface area (Å²) in [5, 5.41) is 0.755. The first-order chi connectivity index (χ1) is 10.1. The number of hydrogen-bond acceptors (Lipinski definition) is 3. The fourth-order valence-corrected chi connectivity index (χ4v) is 3.81. The average Bonchev–Trinajstić information content (AvgIpc) is 2.49. The Bertz CT molecular complexity index is 481. The van der Waals surface area contributed by atoms with Gasteiger partial charge in [0, 0.05) is 36.2 Å². The van der Waals surface area contributed by atoms with Gasteiger partial charge in [0.1, 0.15) is 0 Å². The number of amides is 1. The van der Waals surface area contributed by atoms with E-state index >= 15 is 0 Å². The van der Waals surface area contributed by atoms with Crippen LogP contribution >= 0.6 is 23.4 Å². The van der Waals surface area contributed by atoms with Crippen LogP contribution in [0.5, 0.6) is 0 Å². The molecule has 116 valence electrons. The van der Waals surface area contributed by atoms with Crippen LogP contribution in [-0.2, 0) is 4.79 Å². The van der Waals surface area contributed by atoms with Gasteiger partial charge in [0.05, 0.1) is 5.02 Å². The summed E-state index contributed by atoms with van der Waals surface area (Å²) in [7, 11) is 0. The smallest absolute Gasteiger partial charge is 0.223 e. The lowest BCUT2D eigenvalue weighted by molar-refractivity contribution is -0.132. The standard InChI is InChI=1S/C16H23ClN2OS/c1-12(18)13-5-4-9-19(11-13)16(20)8-10-21-15-7-3-2-6-14(15)17/h2-3,6-7,12-13H,4-5,8-11,18H2,1H3. The predicted octanol–water partition coefficient (Wildman–Crippen LogP) is 3.41. The zero-order chi connectivity index (χ0) is 15.2. The van der Waals surface area contributed by atoms with Crippen LogP contribution < -0.4 is 5.73 Å². The van der Waals surface area contributed by atoms with E-state index in [4.69, 9.17) is 17.3 Å². The summed E-state index contributed by atoms with van der Waals surface area (Å²) >= 11 is 7.75. The van der Waals surface area contributed by atoms with Crippen molar-refractivity contribution < 1.29 is 4.79 Å². The minimum atomic E-state index is 0.165. The maximum Gasteiger partial charge on any atom is 0.223 e. The maximum atomic E-state index is 12.3. The van der Waals surface area contributed by atoms with Crippen molar-refractivity contribution in [3.8, 4) is 0 Å². The Morgan fingerprint density at radius 2 is 2.29 bits per heavy atom. The van der Waals surface area contributed by atoms with Gasteiger partial charge in [-0.25, -0.2) is 0 Å². The molecule has 0 bridgehead atoms. The Labute approximate surface area is 136 Å². The lowest BCUT2D eigenvalue weighted by Crippen LogP contribution is -2.45. The van der Waals surface area contributed by atoms with Crippen molar-refractivity contribution in [3.05, 3.63) is 29.3 Å². The molecule has 2 unspecified atom stereocenters. The first-order valence-electron chi connectivity index (χ1n) is 7.48. The molecule has 0 saturated carbocycles. The lowest BCUT2D eigenvalue weighted by Gasteiger charge is -2.34. The van der Waals surface area contributed by atoms with E-state index < -0.39 is 0 Å². The van der Waals surface area contributed by atoms with Gasteiger partial charge < -0.3 is 10.6 Å². The van der Waals surface area contributed by atoms with Crippen molar-refractivity contribution in [3.63, 3.8) is 0 Å². The Kier molecular flexibility index (Phi) is 6.40. The molecule has 1 aromatic rings. The molecule has 1 heterocycles. The fraction of sp³-hybridized carbons (Fsp3) is 0.562. The molecule has 1 aromatic carbocycles. The number of benzene rings is 1. The molecule has 0 spiro atoms. The molecule has 2 N–H and O–H groups in total. The molecule has 1 aliphatic heterocycles. The van der Waals surface area contributed by atoms with Gasteiger partial charge in [0.15, 0.2) is 0 Å². The molecule has 1 fully saturated rings. The van der Waals surface area contributed by atoms with Gasteiger partial charge >= 0.3 is 0 Å². The highest BCUT2D eigenvalue weighted by atomic mass is 35.5. The van der Waals surface area contributed by atoms with Crippen molar-refractivity contribution in [1.29, 1.82) is 0 Å². The van der Waals surface area contributed by atoms with Gasteiger partial charge in [-0.2, -0.15) is 0 Å². The van der Waals surface area contributed by atoms with E-state index in [1.54, 1.807) is 11.8 Å². The summed E-state index contributed by atoms with van der Waals surface area (Å²) in [4.78, 5) is 15.3. The third kappa shape index (κ3) is 4.90. The summed E-state index contributed by atoms with van der Waals surface area (Å²) in [6.07, 6.45) is 2.76. The van der Waals surface area contributed by atoms with Crippen molar-refractivity contribution in [2.45, 2.75) is 37.1 Å². The first kappa shape index (κ1) is 16.7. The largest absolute Gasteiger partial charge is 0.342 e. The van der Waals surface area contributed by atoms with E-state index in [2.05, 4.69) is 0 Å². The van der Waals surface area contributed by atoms with Crippen LogP contribution in [0.4, 0.5) is 0 Å². The summed E-state index contributed by atoms with van der Waals surface area (Å²) < 4.78 is 0. The minimum absolute atomic E-state index is 0.165. The van der Waals surface area contributed by atoms with Crippen LogP contribution in [0.1, 0.15) is 26.2 Å². The number of hydrogen-bond donors (Lipinski definition) is 1. The third-order valence-corrected chi connectivity index (χ3v) is 5.48. The SMILES string of the molecule is CC(N)C1CCCN(C(=O)CCSc2ccccc2Cl)C1. The number of carbonyl (C=O) groups excluding carboxylic acids is 1. The van der Waals surface area contributed by atoms with Crippen LogP contribution in [0.25, 0.3) is 0 Å². The molecule has 2 atom stereocenters. The van der Waals surface area contributed by atoms with Crippen molar-refractivity contribution >= 4 is 29.3 Å². The average molecular weight is 327 g/mol.